The largest absolute Gasteiger partial charge is 0.288 e. The average molecular weight is 222 g/mol. The van der Waals surface area contributed by atoms with E-state index in [-0.39, 0.29) is 16.8 Å². The number of nitrogens with zero attached hydrogens (tertiary/aromatic N) is 1. The van der Waals surface area contributed by atoms with Crippen molar-refractivity contribution in [2.75, 3.05) is 25.6 Å². The average Bonchev–Trinajstić information content (AvgIpc) is 2.39. The van der Waals surface area contributed by atoms with Gasteiger partial charge >= 0.3 is 0 Å². The maximum atomic E-state index is 11.3. The number of nitrogens with one attached hydrogen (secondary N) is 1. The Morgan fingerprint density at radius 3 is 2.62 bits per heavy atom. The third-order valence-corrected chi connectivity index (χ3v) is 6.04. The Labute approximate surface area is 83.0 Å². The predicted octanol–water partition coefficient (Wildman–Crippen LogP) is -0.666. The van der Waals surface area contributed by atoms with Crippen molar-refractivity contribution in [2.45, 2.75) is 16.8 Å². The highest BCUT2D eigenvalue weighted by atomic mass is 32.2. The van der Waals surface area contributed by atoms with Crippen molar-refractivity contribution in [3.63, 3.8) is 0 Å². The number of sulfone groups is 1. The molecule has 2 aliphatic heterocycles. The Morgan fingerprint density at radius 1 is 1.38 bits per heavy atom. The lowest BCUT2D eigenvalue weighted by Crippen LogP contribution is -2.40. The quantitative estimate of drug-likeness (QED) is 0.638. The SMILES string of the molecule is CN(C)C1N[C@@H]2CS(=O)(=O)C[C@@H]2S1. The van der Waals surface area contributed by atoms with Crippen LogP contribution in [0.4, 0.5) is 0 Å². The molecular weight excluding hydrogens is 208 g/mol. The van der Waals surface area contributed by atoms with E-state index in [0.717, 1.165) is 0 Å². The standard InChI is InChI=1S/C7H14N2O2S2/c1-9(2)7-8-5-3-13(10,11)4-6(5)12-7/h5-8H,3-4H2,1-2H3/t5-,6+,7?/m1/s1. The van der Waals surface area contributed by atoms with Crippen LogP contribution in [0.25, 0.3) is 0 Å². The third-order valence-electron chi connectivity index (χ3n) is 2.43. The van der Waals surface area contributed by atoms with Gasteiger partial charge in [0.05, 0.1) is 11.5 Å². The van der Waals surface area contributed by atoms with Crippen LogP contribution in [-0.2, 0) is 9.84 Å². The van der Waals surface area contributed by atoms with Gasteiger partial charge in [-0.05, 0) is 14.1 Å². The molecule has 0 radical (unpaired) electrons. The highest BCUT2D eigenvalue weighted by molar-refractivity contribution is 8.02. The summed E-state index contributed by atoms with van der Waals surface area (Å²) in [4.78, 5) is 2.08. The molecule has 2 aliphatic rings. The summed E-state index contributed by atoms with van der Waals surface area (Å²) >= 11 is 1.73. The topological polar surface area (TPSA) is 49.4 Å². The molecule has 76 valence electrons. The molecule has 2 fully saturated rings. The van der Waals surface area contributed by atoms with Gasteiger partial charge in [-0.3, -0.25) is 10.2 Å². The maximum absolute atomic E-state index is 11.3. The molecule has 0 saturated carbocycles. The smallest absolute Gasteiger partial charge is 0.153 e. The van der Waals surface area contributed by atoms with Crippen molar-refractivity contribution in [2.24, 2.45) is 0 Å². The van der Waals surface area contributed by atoms with Gasteiger partial charge in [0.15, 0.2) is 9.84 Å². The summed E-state index contributed by atoms with van der Waals surface area (Å²) in [5.74, 6) is 0.661. The second-order valence-corrected chi connectivity index (χ2v) is 7.32. The molecule has 0 aliphatic carbocycles. The number of hydrogen-bond acceptors (Lipinski definition) is 5. The summed E-state index contributed by atoms with van der Waals surface area (Å²) < 4.78 is 22.5. The van der Waals surface area contributed by atoms with Gasteiger partial charge in [-0.15, -0.1) is 11.8 Å². The van der Waals surface area contributed by atoms with E-state index in [0.29, 0.717) is 11.5 Å². The Morgan fingerprint density at radius 2 is 2.08 bits per heavy atom. The molecule has 2 saturated heterocycles. The molecule has 0 aromatic carbocycles. The first-order valence-corrected chi connectivity index (χ1v) is 7.03. The molecule has 0 aromatic heterocycles. The van der Waals surface area contributed by atoms with Crippen LogP contribution in [0.2, 0.25) is 0 Å². The summed E-state index contributed by atoms with van der Waals surface area (Å²) in [7, 11) is 1.24. The van der Waals surface area contributed by atoms with Gasteiger partial charge < -0.3 is 0 Å². The zero-order chi connectivity index (χ0) is 9.64. The van der Waals surface area contributed by atoms with E-state index >= 15 is 0 Å². The molecule has 0 spiro atoms. The summed E-state index contributed by atoms with van der Waals surface area (Å²) in [6.45, 7) is 0. The zero-order valence-corrected chi connectivity index (χ0v) is 9.36. The van der Waals surface area contributed by atoms with Crippen LogP contribution < -0.4 is 5.32 Å². The maximum Gasteiger partial charge on any atom is 0.153 e. The lowest BCUT2D eigenvalue weighted by molar-refractivity contribution is 0.331. The van der Waals surface area contributed by atoms with E-state index in [9.17, 15) is 8.42 Å². The third kappa shape index (κ3) is 1.86. The molecule has 4 nitrogen and oxygen atoms in total. The molecule has 0 amide bonds. The monoisotopic (exact) mass is 222 g/mol. The fourth-order valence-electron chi connectivity index (χ4n) is 1.76. The van der Waals surface area contributed by atoms with Crippen LogP contribution in [0.1, 0.15) is 0 Å². The second-order valence-electron chi connectivity index (χ2n) is 3.84. The number of rotatable bonds is 1. The highest BCUT2D eigenvalue weighted by Gasteiger charge is 2.45. The minimum absolute atomic E-state index is 0.169. The van der Waals surface area contributed by atoms with E-state index in [1.807, 2.05) is 14.1 Å². The minimum atomic E-state index is -2.76. The number of thioether (sulfide) groups is 1. The first kappa shape index (κ1) is 9.76. The molecule has 1 unspecified atom stereocenters. The van der Waals surface area contributed by atoms with Crippen molar-refractivity contribution >= 4 is 21.6 Å². The van der Waals surface area contributed by atoms with E-state index in [4.69, 9.17) is 0 Å². The van der Waals surface area contributed by atoms with Crippen LogP contribution in [-0.4, -0.2) is 55.7 Å². The molecule has 2 heterocycles. The molecule has 0 bridgehead atoms. The summed E-state index contributed by atoms with van der Waals surface area (Å²) in [5.41, 5.74) is 0.283. The lowest BCUT2D eigenvalue weighted by atomic mass is 10.3. The second kappa shape index (κ2) is 3.12. The van der Waals surface area contributed by atoms with Gasteiger partial charge in [-0.25, -0.2) is 8.42 Å². The Kier molecular flexibility index (Phi) is 2.34. The van der Waals surface area contributed by atoms with Crippen molar-refractivity contribution in [1.29, 1.82) is 0 Å². The lowest BCUT2D eigenvalue weighted by Gasteiger charge is -2.19. The fraction of sp³-hybridized carbons (Fsp3) is 1.00. The first-order valence-electron chi connectivity index (χ1n) is 4.26. The zero-order valence-electron chi connectivity index (χ0n) is 7.73. The van der Waals surface area contributed by atoms with Gasteiger partial charge in [0, 0.05) is 11.3 Å². The molecule has 13 heavy (non-hydrogen) atoms. The van der Waals surface area contributed by atoms with E-state index in [2.05, 4.69) is 10.2 Å². The minimum Gasteiger partial charge on any atom is -0.288 e. The van der Waals surface area contributed by atoms with Gasteiger partial charge in [0.1, 0.15) is 5.50 Å². The summed E-state index contributed by atoms with van der Waals surface area (Å²) in [6, 6.07) is 0.169. The molecule has 6 heteroatoms. The van der Waals surface area contributed by atoms with Crippen molar-refractivity contribution in [3.8, 4) is 0 Å². The molecule has 1 N–H and O–H groups in total. The van der Waals surface area contributed by atoms with E-state index in [1.165, 1.54) is 0 Å². The Hall–Kier alpha value is 0.220. The molecular formula is C7H14N2O2S2. The van der Waals surface area contributed by atoms with Gasteiger partial charge in [0.25, 0.3) is 0 Å². The van der Waals surface area contributed by atoms with Crippen LogP contribution in [0.5, 0.6) is 0 Å². The van der Waals surface area contributed by atoms with Crippen molar-refractivity contribution < 1.29 is 8.42 Å². The van der Waals surface area contributed by atoms with E-state index < -0.39 is 9.84 Å². The molecule has 3 atom stereocenters. The van der Waals surface area contributed by atoms with Crippen LogP contribution in [0.15, 0.2) is 0 Å². The van der Waals surface area contributed by atoms with E-state index in [1.54, 1.807) is 11.8 Å². The molecule has 0 aromatic rings. The van der Waals surface area contributed by atoms with Crippen molar-refractivity contribution in [1.82, 2.24) is 10.2 Å². The number of hydrogen-bond donors (Lipinski definition) is 1. The van der Waals surface area contributed by atoms with Crippen LogP contribution in [0, 0.1) is 0 Å². The first-order chi connectivity index (χ1) is 5.98. The summed E-state index contributed by atoms with van der Waals surface area (Å²) in [6.07, 6.45) is 0. The normalized spacial score (nSPS) is 42.5. The predicted molar refractivity (Wildman–Crippen MR) is 54.4 cm³/mol. The fourth-order valence-corrected chi connectivity index (χ4v) is 5.76. The van der Waals surface area contributed by atoms with Gasteiger partial charge in [-0.1, -0.05) is 0 Å². The van der Waals surface area contributed by atoms with Gasteiger partial charge in [-0.2, -0.15) is 0 Å². The number of fused-ring (bicyclic) bond motifs is 1. The molecule has 2 rings (SSSR count). The van der Waals surface area contributed by atoms with Crippen molar-refractivity contribution in [3.05, 3.63) is 0 Å². The van der Waals surface area contributed by atoms with Crippen LogP contribution >= 0.6 is 11.8 Å². The Bertz CT molecular complexity index is 282. The Balaban J connectivity index is 2.05. The highest BCUT2D eigenvalue weighted by Crippen LogP contribution is 2.34. The summed E-state index contributed by atoms with van der Waals surface area (Å²) in [5, 5.41) is 3.58. The van der Waals surface area contributed by atoms with Gasteiger partial charge in [0.2, 0.25) is 0 Å². The van der Waals surface area contributed by atoms with Crippen LogP contribution in [0.3, 0.4) is 0 Å².